The van der Waals surface area contributed by atoms with Crippen LogP contribution in [0.2, 0.25) is 0 Å². The number of hydrogen-bond donors (Lipinski definition) is 4. The number of H-pyrrole nitrogens is 1. The monoisotopic (exact) mass is 430 g/mol. The zero-order valence-corrected chi connectivity index (χ0v) is 18.1. The molecule has 32 heavy (non-hydrogen) atoms. The third-order valence-electron chi connectivity index (χ3n) is 5.71. The number of hydrogen-bond acceptors (Lipinski definition) is 3. The molecular weight excluding hydrogens is 404 g/mol. The molecule has 0 spiro atoms. The number of fused-ring (bicyclic) bond motifs is 1. The summed E-state index contributed by atoms with van der Waals surface area (Å²) in [6.45, 7) is 3.71. The number of para-hydroxylation sites is 1. The number of carbonyl (C=O) groups is 3. The number of aromatic amines is 1. The quantitative estimate of drug-likeness (QED) is 0.459. The minimum atomic E-state index is -0.328. The Morgan fingerprint density at radius 3 is 2.25 bits per heavy atom. The van der Waals surface area contributed by atoms with Crippen LogP contribution < -0.4 is 16.0 Å². The van der Waals surface area contributed by atoms with Gasteiger partial charge in [-0.15, -0.1) is 0 Å². The first-order valence-corrected chi connectivity index (χ1v) is 10.7. The smallest absolute Gasteiger partial charge is 0.323 e. The summed E-state index contributed by atoms with van der Waals surface area (Å²) < 4.78 is 0. The van der Waals surface area contributed by atoms with Gasteiger partial charge in [0.25, 0.3) is 5.91 Å². The van der Waals surface area contributed by atoms with Gasteiger partial charge in [-0.1, -0.05) is 30.3 Å². The molecule has 7 heteroatoms. The van der Waals surface area contributed by atoms with Crippen molar-refractivity contribution in [3.8, 4) is 0 Å². The molecule has 4 rings (SSSR count). The van der Waals surface area contributed by atoms with Gasteiger partial charge in [0, 0.05) is 29.1 Å². The summed E-state index contributed by atoms with van der Waals surface area (Å²) in [4.78, 5) is 40.3. The number of benzene rings is 2. The molecule has 1 aromatic heterocycles. The van der Waals surface area contributed by atoms with Crippen molar-refractivity contribution in [2.75, 3.05) is 10.6 Å². The van der Waals surface area contributed by atoms with E-state index in [0.717, 1.165) is 29.7 Å². The van der Waals surface area contributed by atoms with Crippen molar-refractivity contribution < 1.29 is 14.4 Å². The molecule has 0 bridgehead atoms. The van der Waals surface area contributed by atoms with Gasteiger partial charge in [0.15, 0.2) is 5.78 Å². The van der Waals surface area contributed by atoms with Gasteiger partial charge in [-0.3, -0.25) is 9.59 Å². The topological polar surface area (TPSA) is 103 Å². The van der Waals surface area contributed by atoms with Crippen LogP contribution in [0.3, 0.4) is 0 Å². The van der Waals surface area contributed by atoms with Crippen molar-refractivity contribution in [2.24, 2.45) is 0 Å². The molecule has 0 saturated heterocycles. The van der Waals surface area contributed by atoms with Crippen molar-refractivity contribution in [1.29, 1.82) is 0 Å². The molecule has 2 aromatic carbocycles. The summed E-state index contributed by atoms with van der Waals surface area (Å²) in [5.74, 6) is -0.131. The van der Waals surface area contributed by atoms with Gasteiger partial charge in [-0.25, -0.2) is 4.79 Å². The Kier molecular flexibility index (Phi) is 6.07. The summed E-state index contributed by atoms with van der Waals surface area (Å²) in [6, 6.07) is 15.9. The highest BCUT2D eigenvalue weighted by atomic mass is 16.2. The molecule has 1 atom stereocenters. The van der Waals surface area contributed by atoms with E-state index in [4.69, 9.17) is 0 Å². The summed E-state index contributed by atoms with van der Waals surface area (Å²) in [7, 11) is 0. The van der Waals surface area contributed by atoms with Crippen LogP contribution in [-0.2, 0) is 6.42 Å². The average Bonchev–Trinajstić information content (AvgIpc) is 3.12. The molecule has 1 unspecified atom stereocenters. The molecule has 1 aliphatic carbocycles. The van der Waals surface area contributed by atoms with Crippen molar-refractivity contribution in [1.82, 2.24) is 10.3 Å². The van der Waals surface area contributed by atoms with E-state index in [1.54, 1.807) is 12.1 Å². The van der Waals surface area contributed by atoms with Gasteiger partial charge < -0.3 is 20.9 Å². The molecule has 1 aliphatic rings. The number of urea groups is 1. The van der Waals surface area contributed by atoms with E-state index in [1.807, 2.05) is 56.3 Å². The van der Waals surface area contributed by atoms with Gasteiger partial charge in [0.05, 0.1) is 6.04 Å². The largest absolute Gasteiger partial charge is 0.354 e. The van der Waals surface area contributed by atoms with Crippen LogP contribution in [0.4, 0.5) is 16.2 Å². The minimum Gasteiger partial charge on any atom is -0.354 e. The van der Waals surface area contributed by atoms with Crippen LogP contribution in [0.5, 0.6) is 0 Å². The summed E-state index contributed by atoms with van der Waals surface area (Å²) in [6.07, 6.45) is 2.14. The zero-order valence-electron chi connectivity index (χ0n) is 18.1. The highest BCUT2D eigenvalue weighted by Gasteiger charge is 2.26. The van der Waals surface area contributed by atoms with Gasteiger partial charge >= 0.3 is 6.03 Å². The second kappa shape index (κ2) is 9.09. The maximum absolute atomic E-state index is 12.8. The molecule has 4 N–H and O–H groups in total. The van der Waals surface area contributed by atoms with E-state index in [1.165, 1.54) is 0 Å². The number of ketones is 1. The lowest BCUT2D eigenvalue weighted by atomic mass is 9.94. The van der Waals surface area contributed by atoms with E-state index in [2.05, 4.69) is 20.9 Å². The van der Waals surface area contributed by atoms with Crippen LogP contribution in [0.25, 0.3) is 0 Å². The minimum absolute atomic E-state index is 0.103. The number of Topliss-reactive ketones (excluding diaryl/α,β-unsaturated/α-hetero) is 1. The van der Waals surface area contributed by atoms with E-state index < -0.39 is 0 Å². The molecule has 3 amide bonds. The highest BCUT2D eigenvalue weighted by Crippen LogP contribution is 2.27. The lowest BCUT2D eigenvalue weighted by Crippen LogP contribution is -2.27. The fourth-order valence-corrected chi connectivity index (χ4v) is 4.02. The molecule has 0 aliphatic heterocycles. The number of nitrogens with one attached hydrogen (secondary N) is 4. The highest BCUT2D eigenvalue weighted by molar-refractivity contribution is 6.04. The molecule has 0 fully saturated rings. The van der Waals surface area contributed by atoms with Crippen molar-refractivity contribution in [3.05, 3.63) is 82.7 Å². The Morgan fingerprint density at radius 1 is 0.938 bits per heavy atom. The Labute approximate surface area is 186 Å². The third kappa shape index (κ3) is 4.56. The van der Waals surface area contributed by atoms with Crippen molar-refractivity contribution in [3.63, 3.8) is 0 Å². The fourth-order valence-electron chi connectivity index (χ4n) is 4.02. The Bertz CT molecular complexity index is 1150. The lowest BCUT2D eigenvalue weighted by Gasteiger charge is -2.15. The molecule has 0 saturated carbocycles. The third-order valence-corrected chi connectivity index (χ3v) is 5.71. The average molecular weight is 431 g/mol. The second-order valence-electron chi connectivity index (χ2n) is 8.02. The van der Waals surface area contributed by atoms with Gasteiger partial charge in [-0.05, 0) is 62.1 Å². The van der Waals surface area contributed by atoms with Crippen LogP contribution >= 0.6 is 0 Å². The molecule has 1 heterocycles. The Balaban J connectivity index is 1.38. The van der Waals surface area contributed by atoms with Crippen LogP contribution in [0.15, 0.2) is 54.6 Å². The second-order valence-corrected chi connectivity index (χ2v) is 8.02. The Morgan fingerprint density at radius 2 is 1.59 bits per heavy atom. The van der Waals surface area contributed by atoms with E-state index in [-0.39, 0.29) is 23.8 Å². The molecule has 7 nitrogen and oxygen atoms in total. The maximum atomic E-state index is 12.8. The number of aryl methyl sites for hydroxylation is 1. The van der Waals surface area contributed by atoms with Crippen LogP contribution in [0, 0.1) is 6.92 Å². The predicted molar refractivity (Wildman–Crippen MR) is 124 cm³/mol. The van der Waals surface area contributed by atoms with Gasteiger partial charge in [0.1, 0.15) is 5.69 Å². The normalized spacial score (nSPS) is 13.8. The summed E-state index contributed by atoms with van der Waals surface area (Å²) in [5.41, 5.74) is 4.97. The van der Waals surface area contributed by atoms with E-state index >= 15 is 0 Å². The predicted octanol–water partition coefficient (Wildman–Crippen LogP) is 4.98. The van der Waals surface area contributed by atoms with E-state index in [0.29, 0.717) is 29.1 Å². The fraction of sp³-hybridized carbons (Fsp3) is 0.240. The zero-order chi connectivity index (χ0) is 22.7. The standard InChI is InChI=1S/C25H26N4O3/c1-15-22-20(9-6-10-21(22)30)29-23(15)24(31)26-16(2)17-11-13-19(14-12-17)28-25(32)27-18-7-4-3-5-8-18/h3-5,7-8,11-14,16,29H,6,9-10H2,1-2H3,(H,26,31)(H2,27,28,32). The first kappa shape index (κ1) is 21.4. The van der Waals surface area contributed by atoms with E-state index in [9.17, 15) is 14.4 Å². The first-order valence-electron chi connectivity index (χ1n) is 10.7. The summed E-state index contributed by atoms with van der Waals surface area (Å²) in [5, 5.41) is 8.54. The molecule has 164 valence electrons. The SMILES string of the molecule is Cc1c(C(=O)NC(C)c2ccc(NC(=O)Nc3ccccc3)cc2)[nH]c2c1C(=O)CCC2. The maximum Gasteiger partial charge on any atom is 0.323 e. The van der Waals surface area contributed by atoms with Crippen LogP contribution in [0.1, 0.15) is 63.5 Å². The molecule has 3 aromatic rings. The lowest BCUT2D eigenvalue weighted by molar-refractivity contribution is 0.0934. The summed E-state index contributed by atoms with van der Waals surface area (Å²) >= 11 is 0. The molecular formula is C25H26N4O3. The number of amides is 3. The number of anilines is 2. The number of aromatic nitrogens is 1. The van der Waals surface area contributed by atoms with Gasteiger partial charge in [0.2, 0.25) is 0 Å². The van der Waals surface area contributed by atoms with Crippen molar-refractivity contribution in [2.45, 2.75) is 39.2 Å². The molecule has 0 radical (unpaired) electrons. The van der Waals surface area contributed by atoms with Gasteiger partial charge in [-0.2, -0.15) is 0 Å². The number of carbonyl (C=O) groups excluding carboxylic acids is 3. The van der Waals surface area contributed by atoms with Crippen LogP contribution in [-0.4, -0.2) is 22.7 Å². The van der Waals surface area contributed by atoms with Crippen molar-refractivity contribution >= 4 is 29.1 Å². The first-order chi connectivity index (χ1) is 15.4. The number of rotatable bonds is 5. The Hall–Kier alpha value is -3.87.